The molecule has 2 unspecified atom stereocenters. The van der Waals surface area contributed by atoms with Gasteiger partial charge in [-0.3, -0.25) is 4.21 Å². The summed E-state index contributed by atoms with van der Waals surface area (Å²) >= 11 is 0. The lowest BCUT2D eigenvalue weighted by molar-refractivity contribution is 0.672. The molecule has 7 nitrogen and oxygen atoms in total. The molecule has 18 heavy (non-hydrogen) atoms. The first-order chi connectivity index (χ1) is 8.58. The van der Waals surface area contributed by atoms with E-state index in [-0.39, 0.29) is 10.9 Å². The van der Waals surface area contributed by atoms with E-state index in [1.165, 1.54) is 10.7 Å². The number of anilines is 1. The van der Waals surface area contributed by atoms with Crippen molar-refractivity contribution in [2.75, 3.05) is 18.1 Å². The number of aromatic amines is 1. The molecule has 0 aliphatic heterocycles. The highest BCUT2D eigenvalue weighted by Crippen LogP contribution is 2.05. The molecular formula is C10H15N5O2S. The summed E-state index contributed by atoms with van der Waals surface area (Å²) in [7, 11) is -0.810. The van der Waals surface area contributed by atoms with Crippen LogP contribution in [0.25, 0.3) is 5.65 Å². The van der Waals surface area contributed by atoms with E-state index < -0.39 is 10.8 Å². The predicted molar refractivity (Wildman–Crippen MR) is 70.2 cm³/mol. The van der Waals surface area contributed by atoms with E-state index in [1.807, 2.05) is 6.92 Å². The Labute approximate surface area is 106 Å². The molecule has 0 bridgehead atoms. The fourth-order valence-corrected chi connectivity index (χ4v) is 1.93. The van der Waals surface area contributed by atoms with Gasteiger partial charge in [-0.15, -0.1) is 0 Å². The first kappa shape index (κ1) is 12.7. The number of aromatic nitrogens is 4. The lowest BCUT2D eigenvalue weighted by Crippen LogP contribution is -2.15. The monoisotopic (exact) mass is 269 g/mol. The zero-order valence-corrected chi connectivity index (χ0v) is 11.0. The van der Waals surface area contributed by atoms with Gasteiger partial charge in [0.25, 0.3) is 0 Å². The summed E-state index contributed by atoms with van der Waals surface area (Å²) in [6.45, 7) is 2.63. The van der Waals surface area contributed by atoms with Gasteiger partial charge < -0.3 is 5.32 Å². The third-order valence-corrected chi connectivity index (χ3v) is 4.10. The molecule has 0 aromatic carbocycles. The molecule has 0 radical (unpaired) electrons. The molecule has 2 N–H and O–H groups in total. The molecule has 2 rings (SSSR count). The Kier molecular flexibility index (Phi) is 3.75. The van der Waals surface area contributed by atoms with Crippen molar-refractivity contribution in [3.8, 4) is 0 Å². The molecule has 2 aromatic rings. The molecule has 2 aromatic heterocycles. The molecule has 0 aliphatic rings. The lowest BCUT2D eigenvalue weighted by atomic mass is 10.3. The first-order valence-corrected chi connectivity index (χ1v) is 7.19. The van der Waals surface area contributed by atoms with Gasteiger partial charge in [-0.2, -0.15) is 5.10 Å². The van der Waals surface area contributed by atoms with Gasteiger partial charge in [-0.05, 0) is 6.42 Å². The number of H-pyrrole nitrogens is 1. The maximum absolute atomic E-state index is 11.2. The smallest absolute Gasteiger partial charge is 0.348 e. The van der Waals surface area contributed by atoms with Crippen molar-refractivity contribution in [2.45, 2.75) is 18.6 Å². The molecule has 0 aliphatic carbocycles. The Hall–Kier alpha value is -1.70. The van der Waals surface area contributed by atoms with Gasteiger partial charge in [-0.25, -0.2) is 19.3 Å². The predicted octanol–water partition coefficient (Wildman–Crippen LogP) is -0.0134. The molecule has 0 saturated carbocycles. The van der Waals surface area contributed by atoms with Crippen LogP contribution >= 0.6 is 0 Å². The Morgan fingerprint density at radius 2 is 2.39 bits per heavy atom. The van der Waals surface area contributed by atoms with Crippen LogP contribution < -0.4 is 11.0 Å². The third kappa shape index (κ3) is 2.76. The van der Waals surface area contributed by atoms with Crippen molar-refractivity contribution < 1.29 is 4.21 Å². The zero-order valence-electron chi connectivity index (χ0n) is 10.2. The summed E-state index contributed by atoms with van der Waals surface area (Å²) in [5.74, 6) is 0.649. The number of hydrogen-bond acceptors (Lipinski definition) is 5. The Morgan fingerprint density at radius 3 is 3.11 bits per heavy atom. The van der Waals surface area contributed by atoms with Gasteiger partial charge in [0, 0.05) is 34.9 Å². The molecule has 0 saturated heterocycles. The van der Waals surface area contributed by atoms with E-state index in [1.54, 1.807) is 12.3 Å². The minimum absolute atomic E-state index is 0.147. The van der Waals surface area contributed by atoms with E-state index in [4.69, 9.17) is 0 Å². The maximum Gasteiger partial charge on any atom is 0.348 e. The second-order valence-electron chi connectivity index (χ2n) is 4.06. The highest BCUT2D eigenvalue weighted by atomic mass is 32.2. The van der Waals surface area contributed by atoms with Gasteiger partial charge in [0.05, 0.1) is 0 Å². The fraction of sp³-hybridized carbons (Fsp3) is 0.500. The number of rotatable bonds is 5. The summed E-state index contributed by atoms with van der Waals surface area (Å²) in [5.41, 5.74) is 0.212. The third-order valence-electron chi connectivity index (χ3n) is 2.73. The minimum atomic E-state index is -0.810. The molecule has 0 amide bonds. The molecule has 2 heterocycles. The van der Waals surface area contributed by atoms with E-state index in [0.717, 1.165) is 6.42 Å². The summed E-state index contributed by atoms with van der Waals surface area (Å²) in [6.07, 6.45) is 3.92. The van der Waals surface area contributed by atoms with Crippen LogP contribution in [0.4, 0.5) is 5.82 Å². The number of nitrogens with one attached hydrogen (secondary N) is 2. The minimum Gasteiger partial charge on any atom is -0.370 e. The molecule has 0 spiro atoms. The normalized spacial score (nSPS) is 14.6. The van der Waals surface area contributed by atoms with E-state index >= 15 is 0 Å². The van der Waals surface area contributed by atoms with Crippen LogP contribution in [-0.2, 0) is 10.8 Å². The van der Waals surface area contributed by atoms with Crippen molar-refractivity contribution in [3.63, 3.8) is 0 Å². The second kappa shape index (κ2) is 5.30. The zero-order chi connectivity index (χ0) is 13.1. The van der Waals surface area contributed by atoms with Crippen molar-refractivity contribution in [1.29, 1.82) is 0 Å². The average molecular weight is 269 g/mol. The summed E-state index contributed by atoms with van der Waals surface area (Å²) in [4.78, 5) is 15.3. The largest absolute Gasteiger partial charge is 0.370 e. The van der Waals surface area contributed by atoms with E-state index in [2.05, 4.69) is 20.5 Å². The van der Waals surface area contributed by atoms with E-state index in [0.29, 0.717) is 18.0 Å². The van der Waals surface area contributed by atoms with Crippen LogP contribution in [-0.4, -0.2) is 41.8 Å². The molecular weight excluding hydrogens is 254 g/mol. The highest BCUT2D eigenvalue weighted by Gasteiger charge is 2.06. The fourth-order valence-electron chi connectivity index (χ4n) is 1.48. The van der Waals surface area contributed by atoms with Gasteiger partial charge in [0.1, 0.15) is 12.1 Å². The number of fused-ring (bicyclic) bond motifs is 1. The molecule has 98 valence electrons. The van der Waals surface area contributed by atoms with Crippen LogP contribution in [0.15, 0.2) is 17.2 Å². The Morgan fingerprint density at radius 1 is 1.61 bits per heavy atom. The van der Waals surface area contributed by atoms with Gasteiger partial charge in [0.15, 0.2) is 5.65 Å². The quantitative estimate of drug-likeness (QED) is 0.796. The SMILES string of the molecule is CC(CCNc1cc2n[nH]c(=O)n2cn1)S(C)=O. The number of hydrogen-bond donors (Lipinski definition) is 2. The molecule has 2 atom stereocenters. The van der Waals surface area contributed by atoms with Crippen molar-refractivity contribution >= 4 is 22.3 Å². The number of nitrogens with zero attached hydrogens (tertiary/aromatic N) is 3. The standard InChI is InChI=1S/C10H15N5O2S/c1-7(18(2)17)3-4-11-8-5-9-13-14-10(16)15(9)6-12-8/h5-7,11H,3-4H2,1-2H3,(H,14,16). The molecule has 0 fully saturated rings. The highest BCUT2D eigenvalue weighted by molar-refractivity contribution is 7.84. The van der Waals surface area contributed by atoms with Crippen LogP contribution in [0.3, 0.4) is 0 Å². The summed E-state index contributed by atoms with van der Waals surface area (Å²) < 4.78 is 12.5. The van der Waals surface area contributed by atoms with Crippen molar-refractivity contribution in [1.82, 2.24) is 19.6 Å². The van der Waals surface area contributed by atoms with Crippen LogP contribution in [0, 0.1) is 0 Å². The summed E-state index contributed by atoms with van der Waals surface area (Å²) in [5, 5.41) is 9.45. The van der Waals surface area contributed by atoms with Crippen LogP contribution in [0.2, 0.25) is 0 Å². The molecule has 8 heteroatoms. The Bertz CT molecular complexity index is 620. The topological polar surface area (TPSA) is 92.2 Å². The van der Waals surface area contributed by atoms with Crippen LogP contribution in [0.1, 0.15) is 13.3 Å². The Balaban J connectivity index is 2.00. The van der Waals surface area contributed by atoms with Crippen LogP contribution in [0.5, 0.6) is 0 Å². The van der Waals surface area contributed by atoms with Gasteiger partial charge in [-0.1, -0.05) is 6.92 Å². The maximum atomic E-state index is 11.2. The van der Waals surface area contributed by atoms with Gasteiger partial charge >= 0.3 is 5.69 Å². The average Bonchev–Trinajstić information content (AvgIpc) is 2.70. The van der Waals surface area contributed by atoms with Crippen molar-refractivity contribution in [3.05, 3.63) is 22.9 Å². The lowest BCUT2D eigenvalue weighted by Gasteiger charge is -2.09. The second-order valence-corrected chi connectivity index (χ2v) is 5.86. The van der Waals surface area contributed by atoms with E-state index in [9.17, 15) is 9.00 Å². The summed E-state index contributed by atoms with van der Waals surface area (Å²) in [6, 6.07) is 1.69. The van der Waals surface area contributed by atoms with Crippen molar-refractivity contribution in [2.24, 2.45) is 0 Å². The first-order valence-electron chi connectivity index (χ1n) is 5.57. The van der Waals surface area contributed by atoms with Gasteiger partial charge in [0.2, 0.25) is 0 Å².